The summed E-state index contributed by atoms with van der Waals surface area (Å²) in [5.74, 6) is 0. The van der Waals surface area contributed by atoms with Gasteiger partial charge in [-0.25, -0.2) is 0 Å². The molecule has 0 bridgehead atoms. The Kier molecular flexibility index (Phi) is 1.26. The van der Waals surface area contributed by atoms with Gasteiger partial charge >= 0.3 is 5.69 Å². The average Bonchev–Trinajstić information content (AvgIpc) is 2.49. The molecule has 0 aliphatic carbocycles. The number of hydrogen-bond donors (Lipinski definition) is 1. The molecule has 0 atom stereocenters. The highest BCUT2D eigenvalue weighted by molar-refractivity contribution is 5.82. The third-order valence-corrected chi connectivity index (χ3v) is 1.45. The molecule has 1 N–H and O–H groups in total. The van der Waals surface area contributed by atoms with Crippen molar-refractivity contribution >= 4 is 16.7 Å². The van der Waals surface area contributed by atoms with Crippen LogP contribution in [0.5, 0.6) is 0 Å². The monoisotopic (exact) mass is 163 g/mol. The molecule has 0 saturated carbocycles. The normalized spacial score (nSPS) is 10.3. The number of hydrogen-bond acceptors (Lipinski definition) is 4. The van der Waals surface area contributed by atoms with Crippen LogP contribution in [0.25, 0.3) is 11.0 Å². The van der Waals surface area contributed by atoms with Crippen molar-refractivity contribution in [1.29, 1.82) is 0 Å². The van der Waals surface area contributed by atoms with Crippen LogP contribution in [0.1, 0.15) is 0 Å². The molecule has 0 aliphatic heterocycles. The lowest BCUT2D eigenvalue weighted by Crippen LogP contribution is -1.88. The summed E-state index contributed by atoms with van der Waals surface area (Å²) in [4.78, 5) is 9.87. The van der Waals surface area contributed by atoms with Gasteiger partial charge in [0, 0.05) is 0 Å². The van der Waals surface area contributed by atoms with E-state index in [1.54, 1.807) is 6.07 Å². The molecular weight excluding hydrogens is 160 g/mol. The Balaban J connectivity index is 2.82. The molecule has 12 heavy (non-hydrogen) atoms. The zero-order valence-corrected chi connectivity index (χ0v) is 5.81. The molecule has 0 aliphatic rings. The fourth-order valence-electron chi connectivity index (χ4n) is 0.938. The van der Waals surface area contributed by atoms with Crippen LogP contribution in [-0.2, 0) is 0 Å². The maximum atomic E-state index is 10.4. The topological polar surface area (TPSA) is 84.7 Å². The number of aromatic amines is 1. The van der Waals surface area contributed by atoms with Crippen molar-refractivity contribution in [1.82, 2.24) is 15.4 Å². The zero-order chi connectivity index (χ0) is 8.55. The summed E-state index contributed by atoms with van der Waals surface area (Å²) < 4.78 is 0. The molecule has 0 saturated heterocycles. The second kappa shape index (κ2) is 2.26. The fourth-order valence-corrected chi connectivity index (χ4v) is 0.938. The number of nitrogens with one attached hydrogen (secondary N) is 1. The maximum Gasteiger partial charge on any atom is 0.307 e. The van der Waals surface area contributed by atoms with Crippen LogP contribution in [0, 0.1) is 16.2 Å². The molecule has 0 fully saturated rings. The molecule has 1 heterocycles. The molecule has 2 rings (SSSR count). The third kappa shape index (κ3) is 0.815. The molecule has 0 unspecified atom stereocenters. The number of fused-ring (bicyclic) bond motifs is 1. The molecular formula is C6H3N4O2. The van der Waals surface area contributed by atoms with Gasteiger partial charge in [0.1, 0.15) is 0 Å². The van der Waals surface area contributed by atoms with Crippen molar-refractivity contribution in [3.05, 3.63) is 28.3 Å². The van der Waals surface area contributed by atoms with Crippen molar-refractivity contribution in [3.8, 4) is 0 Å². The molecule has 1 radical (unpaired) electrons. The van der Waals surface area contributed by atoms with E-state index in [4.69, 9.17) is 0 Å². The van der Waals surface area contributed by atoms with Gasteiger partial charge in [-0.15, -0.1) is 5.10 Å². The molecule has 6 heteroatoms. The van der Waals surface area contributed by atoms with Crippen molar-refractivity contribution in [2.24, 2.45) is 0 Å². The minimum absolute atomic E-state index is 0.152. The Bertz CT molecular complexity index is 436. The lowest BCUT2D eigenvalue weighted by Gasteiger charge is -1.88. The zero-order valence-electron chi connectivity index (χ0n) is 5.81. The van der Waals surface area contributed by atoms with Gasteiger partial charge in [-0.3, -0.25) is 15.2 Å². The van der Waals surface area contributed by atoms with E-state index in [0.29, 0.717) is 5.52 Å². The highest BCUT2D eigenvalue weighted by Crippen LogP contribution is 2.19. The number of H-pyrrole nitrogens is 1. The van der Waals surface area contributed by atoms with E-state index in [1.807, 2.05) is 0 Å². The minimum atomic E-state index is -0.537. The van der Waals surface area contributed by atoms with E-state index >= 15 is 0 Å². The van der Waals surface area contributed by atoms with E-state index in [9.17, 15) is 10.1 Å². The van der Waals surface area contributed by atoms with Crippen molar-refractivity contribution in [2.45, 2.75) is 0 Å². The van der Waals surface area contributed by atoms with E-state index in [-0.39, 0.29) is 11.2 Å². The quantitative estimate of drug-likeness (QED) is 0.494. The van der Waals surface area contributed by atoms with E-state index in [2.05, 4.69) is 21.5 Å². The number of non-ortho nitro benzene ring substituents is 1. The van der Waals surface area contributed by atoms with Gasteiger partial charge in [-0.05, 0) is 12.1 Å². The van der Waals surface area contributed by atoms with Crippen LogP contribution >= 0.6 is 0 Å². The second-order valence-electron chi connectivity index (χ2n) is 2.16. The number of nitro benzene ring substituents is 1. The molecule has 1 aromatic heterocycles. The molecule has 0 amide bonds. The van der Waals surface area contributed by atoms with Crippen molar-refractivity contribution in [3.63, 3.8) is 0 Å². The van der Waals surface area contributed by atoms with Gasteiger partial charge in [0.2, 0.25) is 0 Å². The third-order valence-electron chi connectivity index (χ3n) is 1.45. The van der Waals surface area contributed by atoms with Gasteiger partial charge in [0.25, 0.3) is 0 Å². The van der Waals surface area contributed by atoms with E-state index in [0.717, 1.165) is 0 Å². The largest absolute Gasteiger partial charge is 0.307 e. The molecule has 0 spiro atoms. The number of nitrogens with zero attached hydrogens (tertiary/aromatic N) is 3. The lowest BCUT2D eigenvalue weighted by molar-refractivity contribution is -0.383. The smallest absolute Gasteiger partial charge is 0.258 e. The summed E-state index contributed by atoms with van der Waals surface area (Å²) in [5, 5.41) is 19.9. The maximum absolute atomic E-state index is 10.4. The standard InChI is InChI=1S/C6H3N4O2/c11-10(12)5-3-1-2-4-6(5)8-9-7-4/h1-2H,(H,7,8,9). The first-order chi connectivity index (χ1) is 5.79. The van der Waals surface area contributed by atoms with Gasteiger partial charge in [-0.1, -0.05) is 5.21 Å². The van der Waals surface area contributed by atoms with Crippen molar-refractivity contribution in [2.75, 3.05) is 0 Å². The Labute approximate surface area is 66.4 Å². The second-order valence-corrected chi connectivity index (χ2v) is 2.16. The highest BCUT2D eigenvalue weighted by atomic mass is 16.6. The van der Waals surface area contributed by atoms with Gasteiger partial charge < -0.3 is 0 Å². The first-order valence-electron chi connectivity index (χ1n) is 3.15. The minimum Gasteiger partial charge on any atom is -0.258 e. The SMILES string of the molecule is O=[N+]([O-])c1[c]ccc2[nH]nnc12. The van der Waals surface area contributed by atoms with Crippen LogP contribution in [0.2, 0.25) is 0 Å². The van der Waals surface area contributed by atoms with Crippen LogP contribution in [0.3, 0.4) is 0 Å². The summed E-state index contributed by atoms with van der Waals surface area (Å²) in [5.41, 5.74) is 0.629. The summed E-state index contributed by atoms with van der Waals surface area (Å²) >= 11 is 0. The number of nitro groups is 1. The first-order valence-corrected chi connectivity index (χ1v) is 3.15. The molecule has 1 aromatic carbocycles. The summed E-state index contributed by atoms with van der Waals surface area (Å²) in [6.07, 6.45) is 0. The van der Waals surface area contributed by atoms with E-state index in [1.165, 1.54) is 6.07 Å². The predicted octanol–water partition coefficient (Wildman–Crippen LogP) is 0.666. The lowest BCUT2D eigenvalue weighted by atomic mass is 10.3. The summed E-state index contributed by atoms with van der Waals surface area (Å²) in [6.45, 7) is 0. The van der Waals surface area contributed by atoms with Crippen LogP contribution in [-0.4, -0.2) is 20.3 Å². The Morgan fingerprint density at radius 1 is 1.67 bits per heavy atom. The van der Waals surface area contributed by atoms with Gasteiger partial charge in [0.05, 0.1) is 16.5 Å². The Morgan fingerprint density at radius 3 is 3.25 bits per heavy atom. The van der Waals surface area contributed by atoms with Crippen LogP contribution < -0.4 is 0 Å². The predicted molar refractivity (Wildman–Crippen MR) is 39.4 cm³/mol. The molecule has 6 nitrogen and oxygen atoms in total. The number of benzene rings is 1. The van der Waals surface area contributed by atoms with Crippen LogP contribution in [0.4, 0.5) is 5.69 Å². The Morgan fingerprint density at radius 2 is 2.50 bits per heavy atom. The molecule has 2 aromatic rings. The van der Waals surface area contributed by atoms with E-state index < -0.39 is 4.92 Å². The van der Waals surface area contributed by atoms with Gasteiger partial charge in [0.15, 0.2) is 5.52 Å². The first kappa shape index (κ1) is 6.71. The number of aromatic nitrogens is 3. The number of rotatable bonds is 1. The van der Waals surface area contributed by atoms with Crippen molar-refractivity contribution < 1.29 is 4.92 Å². The Hall–Kier alpha value is -1.98. The van der Waals surface area contributed by atoms with Crippen LogP contribution in [0.15, 0.2) is 12.1 Å². The molecule has 59 valence electrons. The summed E-state index contributed by atoms with van der Waals surface area (Å²) in [7, 11) is 0. The summed E-state index contributed by atoms with van der Waals surface area (Å²) in [6, 6.07) is 5.56. The van der Waals surface area contributed by atoms with Gasteiger partial charge in [-0.2, -0.15) is 0 Å². The average molecular weight is 163 g/mol. The fraction of sp³-hybridized carbons (Fsp3) is 0. The highest BCUT2D eigenvalue weighted by Gasteiger charge is 2.13.